The van der Waals surface area contributed by atoms with Crippen molar-refractivity contribution in [2.75, 3.05) is 20.0 Å². The lowest BCUT2D eigenvalue weighted by atomic mass is 10.1. The van der Waals surface area contributed by atoms with Crippen LogP contribution < -0.4 is 15.2 Å². The normalized spacial score (nSPS) is 10.3. The molecule has 0 saturated carbocycles. The van der Waals surface area contributed by atoms with Crippen LogP contribution in [0.25, 0.3) is 11.3 Å². The highest BCUT2D eigenvalue weighted by Crippen LogP contribution is 2.41. The van der Waals surface area contributed by atoms with Gasteiger partial charge in [0, 0.05) is 0 Å². The second-order valence-electron chi connectivity index (χ2n) is 3.72. The van der Waals surface area contributed by atoms with E-state index < -0.39 is 0 Å². The standard InChI is InChI=1S/C13H12Cl2N2O2/c1-18-9-4-3-5-10(19-2)11(9)12-7(14)6-8(15)13(16)17-12/h3-6H,1-2H3,(H2,16,17). The molecule has 2 rings (SSSR count). The molecule has 1 aromatic carbocycles. The molecule has 0 aliphatic carbocycles. The third kappa shape index (κ3) is 2.55. The van der Waals surface area contributed by atoms with E-state index in [1.54, 1.807) is 32.4 Å². The number of nitrogens with zero attached hydrogens (tertiary/aromatic N) is 1. The Bertz CT molecular complexity index is 596. The second-order valence-corrected chi connectivity index (χ2v) is 4.54. The van der Waals surface area contributed by atoms with E-state index in [4.69, 9.17) is 38.4 Å². The Morgan fingerprint density at radius 3 is 2.16 bits per heavy atom. The number of methoxy groups -OCH3 is 2. The number of pyridine rings is 1. The maximum absolute atomic E-state index is 6.18. The zero-order valence-electron chi connectivity index (χ0n) is 10.4. The summed E-state index contributed by atoms with van der Waals surface area (Å²) in [5.41, 5.74) is 6.84. The Morgan fingerprint density at radius 1 is 1.05 bits per heavy atom. The highest BCUT2D eigenvalue weighted by atomic mass is 35.5. The predicted octanol–water partition coefficient (Wildman–Crippen LogP) is 3.65. The van der Waals surface area contributed by atoms with Crippen molar-refractivity contribution in [2.45, 2.75) is 0 Å². The van der Waals surface area contributed by atoms with Crippen LogP contribution in [0.5, 0.6) is 11.5 Å². The van der Waals surface area contributed by atoms with Gasteiger partial charge in [-0.15, -0.1) is 0 Å². The molecule has 0 atom stereocenters. The summed E-state index contributed by atoms with van der Waals surface area (Å²) in [6.07, 6.45) is 0. The summed E-state index contributed by atoms with van der Waals surface area (Å²) in [5.74, 6) is 1.39. The molecule has 19 heavy (non-hydrogen) atoms. The molecule has 0 aliphatic rings. The van der Waals surface area contributed by atoms with Crippen LogP contribution in [0.15, 0.2) is 24.3 Å². The Balaban J connectivity index is 2.74. The Hall–Kier alpha value is -1.65. The molecular formula is C13H12Cl2N2O2. The van der Waals surface area contributed by atoms with E-state index >= 15 is 0 Å². The maximum atomic E-state index is 6.18. The lowest BCUT2D eigenvalue weighted by Gasteiger charge is -2.14. The first-order valence-electron chi connectivity index (χ1n) is 5.41. The highest BCUT2D eigenvalue weighted by Gasteiger charge is 2.18. The topological polar surface area (TPSA) is 57.4 Å². The van der Waals surface area contributed by atoms with Crippen molar-refractivity contribution in [2.24, 2.45) is 0 Å². The number of aromatic nitrogens is 1. The minimum atomic E-state index is 0.203. The van der Waals surface area contributed by atoms with Gasteiger partial charge in [-0.1, -0.05) is 29.3 Å². The van der Waals surface area contributed by atoms with E-state index in [0.29, 0.717) is 32.8 Å². The third-order valence-corrected chi connectivity index (χ3v) is 3.21. The number of nitrogens with two attached hydrogens (primary N) is 1. The van der Waals surface area contributed by atoms with E-state index in [-0.39, 0.29) is 5.82 Å². The van der Waals surface area contributed by atoms with Gasteiger partial charge in [-0.2, -0.15) is 0 Å². The fourth-order valence-electron chi connectivity index (χ4n) is 1.74. The molecule has 0 fully saturated rings. The van der Waals surface area contributed by atoms with Gasteiger partial charge in [-0.25, -0.2) is 4.98 Å². The third-order valence-electron chi connectivity index (χ3n) is 2.62. The molecule has 2 N–H and O–H groups in total. The molecule has 0 bridgehead atoms. The minimum Gasteiger partial charge on any atom is -0.496 e. The van der Waals surface area contributed by atoms with E-state index in [1.165, 1.54) is 0 Å². The Kier molecular flexibility index (Phi) is 4.02. The fraction of sp³-hybridized carbons (Fsp3) is 0.154. The molecule has 0 amide bonds. The van der Waals surface area contributed by atoms with Crippen LogP contribution in [-0.2, 0) is 0 Å². The SMILES string of the molecule is COc1cccc(OC)c1-c1nc(N)c(Cl)cc1Cl. The van der Waals surface area contributed by atoms with Crippen molar-refractivity contribution in [3.05, 3.63) is 34.3 Å². The van der Waals surface area contributed by atoms with Crippen molar-refractivity contribution < 1.29 is 9.47 Å². The molecule has 0 spiro atoms. The first-order valence-corrected chi connectivity index (χ1v) is 6.17. The van der Waals surface area contributed by atoms with Gasteiger partial charge in [0.05, 0.1) is 35.5 Å². The number of anilines is 1. The van der Waals surface area contributed by atoms with Gasteiger partial charge < -0.3 is 15.2 Å². The van der Waals surface area contributed by atoms with E-state index in [2.05, 4.69) is 4.98 Å². The van der Waals surface area contributed by atoms with Crippen molar-refractivity contribution in [3.8, 4) is 22.8 Å². The van der Waals surface area contributed by atoms with E-state index in [1.807, 2.05) is 6.07 Å². The smallest absolute Gasteiger partial charge is 0.143 e. The van der Waals surface area contributed by atoms with Crippen LogP contribution in [0.4, 0.5) is 5.82 Å². The largest absolute Gasteiger partial charge is 0.496 e. The van der Waals surface area contributed by atoms with Crippen molar-refractivity contribution in [1.29, 1.82) is 0 Å². The number of rotatable bonds is 3. The van der Waals surface area contributed by atoms with Crippen molar-refractivity contribution in [3.63, 3.8) is 0 Å². The number of halogens is 2. The monoisotopic (exact) mass is 298 g/mol. The number of hydrogen-bond donors (Lipinski definition) is 1. The summed E-state index contributed by atoms with van der Waals surface area (Å²) in [6, 6.07) is 6.95. The van der Waals surface area contributed by atoms with Crippen LogP contribution in [-0.4, -0.2) is 19.2 Å². The average molecular weight is 299 g/mol. The first kappa shape index (κ1) is 13.8. The van der Waals surface area contributed by atoms with Gasteiger partial charge >= 0.3 is 0 Å². The zero-order valence-corrected chi connectivity index (χ0v) is 11.9. The van der Waals surface area contributed by atoms with Crippen LogP contribution in [0.3, 0.4) is 0 Å². The van der Waals surface area contributed by atoms with Gasteiger partial charge in [-0.3, -0.25) is 0 Å². The minimum absolute atomic E-state index is 0.203. The summed E-state index contributed by atoms with van der Waals surface area (Å²) in [7, 11) is 3.12. The first-order chi connectivity index (χ1) is 9.08. The highest BCUT2D eigenvalue weighted by molar-refractivity contribution is 6.37. The van der Waals surface area contributed by atoms with Crippen LogP contribution in [0.1, 0.15) is 0 Å². The predicted molar refractivity (Wildman–Crippen MR) is 77.2 cm³/mol. The van der Waals surface area contributed by atoms with Gasteiger partial charge in [0.1, 0.15) is 17.3 Å². The van der Waals surface area contributed by atoms with Crippen LogP contribution >= 0.6 is 23.2 Å². The molecule has 100 valence electrons. The summed E-state index contributed by atoms with van der Waals surface area (Å²) in [4.78, 5) is 4.21. The van der Waals surface area contributed by atoms with Gasteiger partial charge in [0.15, 0.2) is 0 Å². The molecule has 6 heteroatoms. The molecule has 2 aromatic rings. The summed E-state index contributed by atoms with van der Waals surface area (Å²) < 4.78 is 10.6. The summed E-state index contributed by atoms with van der Waals surface area (Å²) in [6.45, 7) is 0. The van der Waals surface area contributed by atoms with E-state index in [9.17, 15) is 0 Å². The quantitative estimate of drug-likeness (QED) is 0.939. The zero-order chi connectivity index (χ0) is 14.0. The molecule has 0 unspecified atom stereocenters. The Morgan fingerprint density at radius 2 is 1.63 bits per heavy atom. The summed E-state index contributed by atoms with van der Waals surface area (Å²) >= 11 is 12.1. The second kappa shape index (κ2) is 5.55. The fourth-order valence-corrected chi connectivity index (χ4v) is 2.19. The van der Waals surface area contributed by atoms with E-state index in [0.717, 1.165) is 0 Å². The molecule has 0 saturated heterocycles. The average Bonchev–Trinajstić information content (AvgIpc) is 2.42. The van der Waals surface area contributed by atoms with Gasteiger partial charge in [-0.05, 0) is 18.2 Å². The maximum Gasteiger partial charge on any atom is 0.143 e. The molecule has 0 radical (unpaired) electrons. The molecule has 1 heterocycles. The number of ether oxygens (including phenoxy) is 2. The number of benzene rings is 1. The molecule has 4 nitrogen and oxygen atoms in total. The van der Waals surface area contributed by atoms with Crippen LogP contribution in [0.2, 0.25) is 10.0 Å². The number of hydrogen-bond acceptors (Lipinski definition) is 4. The lowest BCUT2D eigenvalue weighted by molar-refractivity contribution is 0.397. The lowest BCUT2D eigenvalue weighted by Crippen LogP contribution is -1.98. The van der Waals surface area contributed by atoms with Gasteiger partial charge in [0.25, 0.3) is 0 Å². The molecule has 0 aliphatic heterocycles. The molecule has 1 aromatic heterocycles. The Labute approximate surface area is 121 Å². The number of nitrogen functional groups attached to an aromatic ring is 1. The van der Waals surface area contributed by atoms with Crippen molar-refractivity contribution >= 4 is 29.0 Å². The van der Waals surface area contributed by atoms with Gasteiger partial charge in [0.2, 0.25) is 0 Å². The van der Waals surface area contributed by atoms with Crippen LogP contribution in [0, 0.1) is 0 Å². The van der Waals surface area contributed by atoms with Crippen molar-refractivity contribution in [1.82, 2.24) is 4.98 Å². The molecular weight excluding hydrogens is 287 g/mol. The summed E-state index contributed by atoms with van der Waals surface area (Å²) in [5, 5.41) is 0.685.